The van der Waals surface area contributed by atoms with Gasteiger partial charge in [0.05, 0.1) is 38.2 Å². The molecule has 1 saturated heterocycles. The Bertz CT molecular complexity index is 517. The molecule has 0 aromatic heterocycles. The van der Waals surface area contributed by atoms with Crippen molar-refractivity contribution in [3.8, 4) is 0 Å². The van der Waals surface area contributed by atoms with Gasteiger partial charge in [-0.05, 0) is 33.6 Å². The molecule has 2 N–H and O–H groups in total. The van der Waals surface area contributed by atoms with Crippen molar-refractivity contribution in [3.05, 3.63) is 0 Å². The number of hydrogen-bond acceptors (Lipinski definition) is 6. The molecule has 0 spiro atoms. The van der Waals surface area contributed by atoms with Crippen LogP contribution in [0.15, 0.2) is 4.99 Å². The van der Waals surface area contributed by atoms with E-state index >= 15 is 0 Å². The smallest absolute Gasteiger partial charge is 0.191 e. The molecule has 1 aliphatic heterocycles. The van der Waals surface area contributed by atoms with Gasteiger partial charge in [0.25, 0.3) is 0 Å². The maximum Gasteiger partial charge on any atom is 0.191 e. The molecule has 8 nitrogen and oxygen atoms in total. The van der Waals surface area contributed by atoms with E-state index < -0.39 is 9.84 Å². The van der Waals surface area contributed by atoms with Gasteiger partial charge in [0.15, 0.2) is 5.96 Å². The molecule has 0 amide bonds. The highest BCUT2D eigenvalue weighted by Gasteiger charge is 2.19. The quantitative estimate of drug-likeness (QED) is 0.277. The third-order valence-corrected chi connectivity index (χ3v) is 5.14. The molecule has 0 bridgehead atoms. The summed E-state index contributed by atoms with van der Waals surface area (Å²) in [6.07, 6.45) is 3.66. The molecule has 0 saturated carbocycles. The van der Waals surface area contributed by atoms with Gasteiger partial charge >= 0.3 is 0 Å². The van der Waals surface area contributed by atoms with Crippen LogP contribution in [-0.4, -0.2) is 96.0 Å². The lowest BCUT2D eigenvalue weighted by Crippen LogP contribution is -2.49. The minimum atomic E-state index is -2.97. The molecule has 0 aliphatic carbocycles. The van der Waals surface area contributed by atoms with Crippen molar-refractivity contribution in [1.29, 1.82) is 0 Å². The van der Waals surface area contributed by atoms with E-state index in [4.69, 9.17) is 9.47 Å². The average Bonchev–Trinajstić information content (AvgIpc) is 2.58. The Kier molecular flexibility index (Phi) is 11.9. The zero-order chi connectivity index (χ0) is 20.1. The molecule has 1 rings (SSSR count). The van der Waals surface area contributed by atoms with Crippen LogP contribution in [0, 0.1) is 0 Å². The van der Waals surface area contributed by atoms with Gasteiger partial charge in [-0.3, -0.25) is 4.99 Å². The van der Waals surface area contributed by atoms with E-state index in [1.165, 1.54) is 6.26 Å². The third kappa shape index (κ3) is 13.0. The van der Waals surface area contributed by atoms with Gasteiger partial charge in [-0.2, -0.15) is 0 Å². The van der Waals surface area contributed by atoms with Gasteiger partial charge in [0.2, 0.25) is 0 Å². The normalized spacial score (nSPS) is 17.4. The number of piperidine rings is 1. The Morgan fingerprint density at radius 3 is 2.52 bits per heavy atom. The molecular weight excluding hydrogens is 368 g/mol. The fraction of sp³-hybridized carbons (Fsp3) is 0.944. The summed E-state index contributed by atoms with van der Waals surface area (Å²) in [5, 5.41) is 6.75. The minimum absolute atomic E-state index is 0.0514. The Balaban J connectivity index is 2.25. The largest absolute Gasteiger partial charge is 0.378 e. The second kappa shape index (κ2) is 13.3. The van der Waals surface area contributed by atoms with Crippen molar-refractivity contribution >= 4 is 15.8 Å². The van der Waals surface area contributed by atoms with Crippen LogP contribution in [0.4, 0.5) is 0 Å². The number of nitrogens with one attached hydrogen (secondary N) is 2. The van der Waals surface area contributed by atoms with Crippen LogP contribution in [0.3, 0.4) is 0 Å². The van der Waals surface area contributed by atoms with Crippen molar-refractivity contribution in [1.82, 2.24) is 15.5 Å². The fourth-order valence-electron chi connectivity index (χ4n) is 2.77. The first-order chi connectivity index (χ1) is 12.8. The van der Waals surface area contributed by atoms with Crippen molar-refractivity contribution < 1.29 is 17.9 Å². The number of hydrogen-bond donors (Lipinski definition) is 2. The maximum atomic E-state index is 11.1. The summed E-state index contributed by atoms with van der Waals surface area (Å²) in [6.45, 7) is 12.0. The number of guanidine groups is 1. The van der Waals surface area contributed by atoms with Crippen LogP contribution in [0.2, 0.25) is 0 Å². The van der Waals surface area contributed by atoms with E-state index in [1.807, 2.05) is 6.92 Å². The summed E-state index contributed by atoms with van der Waals surface area (Å²) in [7, 11) is -2.97. The summed E-state index contributed by atoms with van der Waals surface area (Å²) in [5.74, 6) is 0.848. The average molecular weight is 407 g/mol. The molecule has 0 aromatic rings. The Morgan fingerprint density at radius 2 is 1.93 bits per heavy atom. The van der Waals surface area contributed by atoms with Crippen LogP contribution < -0.4 is 10.6 Å². The van der Waals surface area contributed by atoms with Gasteiger partial charge < -0.3 is 25.0 Å². The SMILES string of the molecule is CCNC(=NCCOCCS(C)(=O)=O)NC1CCN(CCOC(C)C)CC1. The minimum Gasteiger partial charge on any atom is -0.378 e. The summed E-state index contributed by atoms with van der Waals surface area (Å²) in [4.78, 5) is 6.96. The third-order valence-electron chi connectivity index (χ3n) is 4.24. The van der Waals surface area contributed by atoms with E-state index in [1.54, 1.807) is 0 Å². The van der Waals surface area contributed by atoms with Crippen molar-refractivity contribution in [3.63, 3.8) is 0 Å². The summed E-state index contributed by atoms with van der Waals surface area (Å²) >= 11 is 0. The van der Waals surface area contributed by atoms with Gasteiger partial charge in [0, 0.05) is 38.5 Å². The maximum absolute atomic E-state index is 11.1. The zero-order valence-electron chi connectivity index (χ0n) is 17.4. The highest BCUT2D eigenvalue weighted by molar-refractivity contribution is 7.90. The number of rotatable bonds is 12. The fourth-order valence-corrected chi connectivity index (χ4v) is 3.19. The predicted octanol–water partition coefficient (Wildman–Crippen LogP) is 0.492. The lowest BCUT2D eigenvalue weighted by atomic mass is 10.1. The van der Waals surface area contributed by atoms with Crippen LogP contribution >= 0.6 is 0 Å². The van der Waals surface area contributed by atoms with Crippen LogP contribution in [0.25, 0.3) is 0 Å². The Morgan fingerprint density at radius 1 is 1.22 bits per heavy atom. The molecule has 160 valence electrons. The van der Waals surface area contributed by atoms with Crippen LogP contribution in [0.5, 0.6) is 0 Å². The van der Waals surface area contributed by atoms with Crippen molar-refractivity contribution in [2.75, 3.05) is 64.6 Å². The first kappa shape index (κ1) is 24.1. The molecule has 1 aliphatic rings. The highest BCUT2D eigenvalue weighted by atomic mass is 32.2. The molecule has 0 aromatic carbocycles. The molecule has 0 unspecified atom stereocenters. The molecule has 27 heavy (non-hydrogen) atoms. The van der Waals surface area contributed by atoms with Crippen molar-refractivity contribution in [2.24, 2.45) is 4.99 Å². The van der Waals surface area contributed by atoms with Gasteiger partial charge in [0.1, 0.15) is 9.84 Å². The summed E-state index contributed by atoms with van der Waals surface area (Å²) in [6, 6.07) is 0.413. The van der Waals surface area contributed by atoms with Gasteiger partial charge in [-0.1, -0.05) is 0 Å². The topological polar surface area (TPSA) is 92.3 Å². The molecular formula is C18H38N4O4S. The molecule has 9 heteroatoms. The Labute approximate surface area is 165 Å². The predicted molar refractivity (Wildman–Crippen MR) is 110 cm³/mol. The molecule has 0 radical (unpaired) electrons. The van der Waals surface area contributed by atoms with Crippen LogP contribution in [-0.2, 0) is 19.3 Å². The standard InChI is InChI=1S/C18H38N4O4S/c1-5-19-18(20-8-12-25-14-15-27(4,23)24)21-17-6-9-22(10-7-17)11-13-26-16(2)3/h16-17H,5-15H2,1-4H3,(H2,19,20,21). The van der Waals surface area contributed by atoms with Crippen LogP contribution in [0.1, 0.15) is 33.6 Å². The summed E-state index contributed by atoms with van der Waals surface area (Å²) in [5.41, 5.74) is 0. The first-order valence-electron chi connectivity index (χ1n) is 9.94. The zero-order valence-corrected chi connectivity index (χ0v) is 18.2. The highest BCUT2D eigenvalue weighted by Crippen LogP contribution is 2.10. The number of nitrogens with zero attached hydrogens (tertiary/aromatic N) is 2. The van der Waals surface area contributed by atoms with E-state index in [9.17, 15) is 8.42 Å². The number of aliphatic imine (C=N–C) groups is 1. The first-order valence-corrected chi connectivity index (χ1v) is 12.0. The molecule has 0 atom stereocenters. The second-order valence-electron chi connectivity index (χ2n) is 7.18. The van der Waals surface area contributed by atoms with E-state index in [0.717, 1.165) is 51.6 Å². The lowest BCUT2D eigenvalue weighted by molar-refractivity contribution is 0.0532. The lowest BCUT2D eigenvalue weighted by Gasteiger charge is -2.33. The van der Waals surface area contributed by atoms with E-state index in [-0.39, 0.29) is 12.4 Å². The Hall–Kier alpha value is -0.900. The number of likely N-dealkylation sites (tertiary alicyclic amines) is 1. The van der Waals surface area contributed by atoms with Gasteiger partial charge in [-0.15, -0.1) is 0 Å². The number of ether oxygens (including phenoxy) is 2. The number of sulfone groups is 1. The second-order valence-corrected chi connectivity index (χ2v) is 9.44. The summed E-state index contributed by atoms with van der Waals surface area (Å²) < 4.78 is 33.1. The van der Waals surface area contributed by atoms with Gasteiger partial charge in [-0.25, -0.2) is 8.42 Å². The van der Waals surface area contributed by atoms with E-state index in [2.05, 4.69) is 34.4 Å². The molecule has 1 heterocycles. The monoisotopic (exact) mass is 406 g/mol. The van der Waals surface area contributed by atoms with E-state index in [0.29, 0.717) is 25.3 Å². The van der Waals surface area contributed by atoms with Crippen molar-refractivity contribution in [2.45, 2.75) is 45.8 Å². The molecule has 1 fully saturated rings.